The smallest absolute Gasteiger partial charge is 0.252 e. The van der Waals surface area contributed by atoms with Crippen molar-refractivity contribution in [2.45, 2.75) is 39.3 Å². The first kappa shape index (κ1) is 17.2. The van der Waals surface area contributed by atoms with Crippen molar-refractivity contribution in [1.29, 1.82) is 0 Å². The van der Waals surface area contributed by atoms with Crippen LogP contribution in [0.1, 0.15) is 42.4 Å². The maximum atomic E-state index is 12.0. The van der Waals surface area contributed by atoms with Crippen molar-refractivity contribution in [3.05, 3.63) is 21.9 Å². The van der Waals surface area contributed by atoms with E-state index in [-0.39, 0.29) is 24.5 Å². The quantitative estimate of drug-likeness (QED) is 0.713. The molecule has 5 nitrogen and oxygen atoms in total. The number of carbonyl (C=O) groups is 2. The number of aliphatic hydroxyl groups excluding tert-OH is 1. The van der Waals surface area contributed by atoms with Crippen molar-refractivity contribution >= 4 is 23.2 Å². The predicted octanol–water partition coefficient (Wildman–Crippen LogP) is 1.12. The van der Waals surface area contributed by atoms with Crippen LogP contribution in [0, 0.1) is 11.8 Å². The summed E-state index contributed by atoms with van der Waals surface area (Å²) in [6, 6.07) is 1.12. The van der Waals surface area contributed by atoms with Crippen LogP contribution in [-0.2, 0) is 4.79 Å². The van der Waals surface area contributed by atoms with Gasteiger partial charge in [0.05, 0.1) is 17.0 Å². The van der Waals surface area contributed by atoms with Gasteiger partial charge in [0.15, 0.2) is 0 Å². The number of hydrogen-bond donors (Lipinski definition) is 3. The second kappa shape index (κ2) is 8.45. The van der Waals surface area contributed by atoms with E-state index in [1.165, 1.54) is 11.3 Å². The van der Waals surface area contributed by atoms with Gasteiger partial charge in [-0.2, -0.15) is 0 Å². The molecule has 0 radical (unpaired) electrons. The lowest BCUT2D eigenvalue weighted by Gasteiger charge is -2.15. The summed E-state index contributed by atoms with van der Waals surface area (Å²) >= 11 is 1.36. The zero-order chi connectivity index (χ0) is 15.8. The minimum atomic E-state index is -0.594. The summed E-state index contributed by atoms with van der Waals surface area (Å²) in [7, 11) is 0. The van der Waals surface area contributed by atoms with Gasteiger partial charge in [-0.1, -0.05) is 11.8 Å². The monoisotopic (exact) mass is 308 g/mol. The van der Waals surface area contributed by atoms with E-state index in [1.807, 2.05) is 13.8 Å². The van der Waals surface area contributed by atoms with Crippen molar-refractivity contribution in [2.24, 2.45) is 0 Å². The van der Waals surface area contributed by atoms with Gasteiger partial charge >= 0.3 is 0 Å². The summed E-state index contributed by atoms with van der Waals surface area (Å²) in [6.07, 6.45) is 0.409. The van der Waals surface area contributed by atoms with E-state index < -0.39 is 6.04 Å². The largest absolute Gasteiger partial charge is 0.395 e. The molecule has 0 aromatic carbocycles. The first-order valence-electron chi connectivity index (χ1n) is 6.73. The van der Waals surface area contributed by atoms with Crippen LogP contribution in [0.25, 0.3) is 0 Å². The summed E-state index contributed by atoms with van der Waals surface area (Å²) in [6.45, 7) is 5.39. The Morgan fingerprint density at radius 1 is 1.33 bits per heavy atom. The summed E-state index contributed by atoms with van der Waals surface area (Å²) in [4.78, 5) is 24.5. The fourth-order valence-corrected chi connectivity index (χ4v) is 2.24. The van der Waals surface area contributed by atoms with Gasteiger partial charge in [-0.3, -0.25) is 9.59 Å². The molecule has 0 aliphatic heterocycles. The molecule has 6 heteroatoms. The van der Waals surface area contributed by atoms with E-state index in [9.17, 15) is 9.59 Å². The van der Waals surface area contributed by atoms with Gasteiger partial charge in [0.1, 0.15) is 6.04 Å². The average Bonchev–Trinajstić information content (AvgIpc) is 2.87. The van der Waals surface area contributed by atoms with Crippen LogP contribution >= 0.6 is 11.3 Å². The Kier molecular flexibility index (Phi) is 6.92. The molecule has 1 aromatic rings. The molecule has 0 aliphatic carbocycles. The minimum absolute atomic E-state index is 0.0220. The van der Waals surface area contributed by atoms with Gasteiger partial charge in [-0.25, -0.2) is 0 Å². The number of nitrogens with one attached hydrogen (secondary N) is 2. The van der Waals surface area contributed by atoms with Crippen molar-refractivity contribution in [2.75, 3.05) is 6.61 Å². The highest BCUT2D eigenvalue weighted by molar-refractivity contribution is 7.10. The zero-order valence-corrected chi connectivity index (χ0v) is 13.2. The number of rotatable bonds is 5. The molecular formula is C15H20N2O3S. The van der Waals surface area contributed by atoms with E-state index in [0.717, 1.165) is 4.88 Å². The van der Waals surface area contributed by atoms with Gasteiger partial charge in [-0.05, 0) is 26.8 Å². The Bertz CT molecular complexity index is 555. The third kappa shape index (κ3) is 5.98. The molecule has 1 atom stereocenters. The zero-order valence-electron chi connectivity index (χ0n) is 12.4. The molecule has 1 heterocycles. The topological polar surface area (TPSA) is 78.4 Å². The van der Waals surface area contributed by atoms with Crippen LogP contribution < -0.4 is 10.6 Å². The molecule has 0 bridgehead atoms. The summed E-state index contributed by atoms with van der Waals surface area (Å²) < 4.78 is 0. The van der Waals surface area contributed by atoms with Crippen molar-refractivity contribution in [1.82, 2.24) is 10.6 Å². The highest BCUT2D eigenvalue weighted by Crippen LogP contribution is 2.13. The molecule has 1 rings (SSSR count). The Labute approximate surface area is 128 Å². The molecule has 21 heavy (non-hydrogen) atoms. The standard InChI is InChI=1S/C15H20N2O3S/c1-10(2)16-14(19)11(3)17-15(20)12-8-13(21-9-12)6-4-5-7-18/h8-11,18H,5,7H2,1-3H3,(H,16,19)(H,17,20). The number of hydrogen-bond acceptors (Lipinski definition) is 4. The Morgan fingerprint density at radius 3 is 2.67 bits per heavy atom. The first-order chi connectivity index (χ1) is 9.93. The number of aliphatic hydroxyl groups is 1. The highest BCUT2D eigenvalue weighted by Gasteiger charge is 2.17. The number of amides is 2. The molecule has 0 fully saturated rings. The van der Waals surface area contributed by atoms with Crippen molar-refractivity contribution < 1.29 is 14.7 Å². The highest BCUT2D eigenvalue weighted by atomic mass is 32.1. The second-order valence-corrected chi connectivity index (χ2v) is 5.74. The molecule has 3 N–H and O–H groups in total. The van der Waals surface area contributed by atoms with Gasteiger partial charge in [0, 0.05) is 17.8 Å². The average molecular weight is 308 g/mol. The molecule has 2 amide bonds. The normalized spacial score (nSPS) is 11.5. The lowest BCUT2D eigenvalue weighted by molar-refractivity contribution is -0.123. The minimum Gasteiger partial charge on any atom is -0.395 e. The number of thiophene rings is 1. The van der Waals surface area contributed by atoms with Gasteiger partial charge in [-0.15, -0.1) is 11.3 Å². The molecule has 0 saturated heterocycles. The van der Waals surface area contributed by atoms with Crippen LogP contribution in [-0.4, -0.2) is 35.6 Å². The maximum Gasteiger partial charge on any atom is 0.252 e. The van der Waals surface area contributed by atoms with Crippen molar-refractivity contribution in [3.8, 4) is 11.8 Å². The predicted molar refractivity (Wildman–Crippen MR) is 83.1 cm³/mol. The third-order valence-corrected chi connectivity index (χ3v) is 3.33. The van der Waals surface area contributed by atoms with Gasteiger partial charge in [0.25, 0.3) is 5.91 Å². The van der Waals surface area contributed by atoms with E-state index >= 15 is 0 Å². The lowest BCUT2D eigenvalue weighted by Crippen LogP contribution is -2.46. The fourth-order valence-electron chi connectivity index (χ4n) is 1.48. The van der Waals surface area contributed by atoms with Crippen LogP contribution in [0.3, 0.4) is 0 Å². The number of carbonyl (C=O) groups excluding carboxylic acids is 2. The molecule has 0 saturated carbocycles. The van der Waals surface area contributed by atoms with Crippen LogP contribution in [0.15, 0.2) is 11.4 Å². The van der Waals surface area contributed by atoms with E-state index in [0.29, 0.717) is 12.0 Å². The van der Waals surface area contributed by atoms with E-state index in [1.54, 1.807) is 18.4 Å². The van der Waals surface area contributed by atoms with E-state index in [4.69, 9.17) is 5.11 Å². The maximum absolute atomic E-state index is 12.0. The Morgan fingerprint density at radius 2 is 2.05 bits per heavy atom. The molecule has 0 aliphatic rings. The van der Waals surface area contributed by atoms with Crippen LogP contribution in [0.2, 0.25) is 0 Å². The van der Waals surface area contributed by atoms with Crippen LogP contribution in [0.5, 0.6) is 0 Å². The summed E-state index contributed by atoms with van der Waals surface area (Å²) in [5, 5.41) is 15.7. The first-order valence-corrected chi connectivity index (χ1v) is 7.61. The Hall–Kier alpha value is -1.84. The van der Waals surface area contributed by atoms with Gasteiger partial charge in [0.2, 0.25) is 5.91 Å². The molecule has 114 valence electrons. The molecule has 1 aromatic heterocycles. The van der Waals surface area contributed by atoms with Crippen molar-refractivity contribution in [3.63, 3.8) is 0 Å². The van der Waals surface area contributed by atoms with Gasteiger partial charge < -0.3 is 15.7 Å². The third-order valence-electron chi connectivity index (χ3n) is 2.48. The van der Waals surface area contributed by atoms with Crippen LogP contribution in [0.4, 0.5) is 0 Å². The summed E-state index contributed by atoms with van der Waals surface area (Å²) in [5.74, 6) is 5.16. The lowest BCUT2D eigenvalue weighted by atomic mass is 10.2. The molecule has 1 unspecified atom stereocenters. The Balaban J connectivity index is 2.60. The fraction of sp³-hybridized carbons (Fsp3) is 0.467. The SMILES string of the molecule is CC(C)NC(=O)C(C)NC(=O)c1csc(C#CCCO)c1. The summed E-state index contributed by atoms with van der Waals surface area (Å²) in [5.41, 5.74) is 0.484. The molecule has 0 spiro atoms. The van der Waals surface area contributed by atoms with E-state index in [2.05, 4.69) is 22.5 Å². The second-order valence-electron chi connectivity index (χ2n) is 4.83. The molecular weight excluding hydrogens is 288 g/mol.